The molecule has 6 nitrogen and oxygen atoms in total. The Kier molecular flexibility index (Phi) is 5.12. The molecule has 0 radical (unpaired) electrons. The molecule has 18 heavy (non-hydrogen) atoms. The third-order valence-corrected chi connectivity index (χ3v) is 2.29. The van der Waals surface area contributed by atoms with Crippen molar-refractivity contribution in [2.24, 2.45) is 4.99 Å². The monoisotopic (exact) mass is 253 g/mol. The quantitative estimate of drug-likeness (QED) is 0.627. The Labute approximate surface area is 108 Å². The molecule has 1 heterocycles. The van der Waals surface area contributed by atoms with Gasteiger partial charge in [0.05, 0.1) is 6.54 Å². The van der Waals surface area contributed by atoms with Crippen LogP contribution in [0.3, 0.4) is 0 Å². The molecule has 0 bridgehead atoms. The molecule has 0 saturated heterocycles. The SMILES string of the molecule is CCCNC(=NC)NCc1noc(C(C)(C)C)n1. The lowest BCUT2D eigenvalue weighted by molar-refractivity contribution is 0.318. The van der Waals surface area contributed by atoms with Gasteiger partial charge in [-0.1, -0.05) is 32.9 Å². The maximum atomic E-state index is 5.21. The maximum Gasteiger partial charge on any atom is 0.232 e. The van der Waals surface area contributed by atoms with Gasteiger partial charge < -0.3 is 15.2 Å². The summed E-state index contributed by atoms with van der Waals surface area (Å²) in [6.45, 7) is 9.62. The van der Waals surface area contributed by atoms with E-state index in [0.717, 1.165) is 18.9 Å². The fourth-order valence-electron chi connectivity index (χ4n) is 1.26. The second-order valence-electron chi connectivity index (χ2n) is 5.12. The zero-order chi connectivity index (χ0) is 13.6. The van der Waals surface area contributed by atoms with Crippen LogP contribution in [0, 0.1) is 0 Å². The van der Waals surface area contributed by atoms with Gasteiger partial charge >= 0.3 is 0 Å². The van der Waals surface area contributed by atoms with Crippen LogP contribution in [0.5, 0.6) is 0 Å². The van der Waals surface area contributed by atoms with Gasteiger partial charge in [-0.3, -0.25) is 4.99 Å². The predicted octanol–water partition coefficient (Wildman–Crippen LogP) is 1.44. The lowest BCUT2D eigenvalue weighted by Gasteiger charge is -2.10. The minimum Gasteiger partial charge on any atom is -0.356 e. The zero-order valence-electron chi connectivity index (χ0n) is 11.9. The third kappa shape index (κ3) is 4.35. The predicted molar refractivity (Wildman–Crippen MR) is 71.5 cm³/mol. The molecule has 2 N–H and O–H groups in total. The highest BCUT2D eigenvalue weighted by Gasteiger charge is 2.21. The van der Waals surface area contributed by atoms with Crippen LogP contribution in [0.1, 0.15) is 45.8 Å². The standard InChI is InChI=1S/C12H23N5O/c1-6-7-14-11(13-5)15-8-9-16-10(18-17-9)12(2,3)4/h6-8H2,1-5H3,(H2,13,14,15). The third-order valence-electron chi connectivity index (χ3n) is 2.29. The van der Waals surface area contributed by atoms with Gasteiger partial charge in [-0.05, 0) is 6.42 Å². The van der Waals surface area contributed by atoms with E-state index >= 15 is 0 Å². The average Bonchev–Trinajstić information content (AvgIpc) is 2.78. The summed E-state index contributed by atoms with van der Waals surface area (Å²) in [5.41, 5.74) is -0.118. The normalized spacial score (nSPS) is 12.6. The minimum absolute atomic E-state index is 0.118. The lowest BCUT2D eigenvalue weighted by atomic mass is 9.97. The molecular formula is C12H23N5O. The first-order valence-corrected chi connectivity index (χ1v) is 6.25. The summed E-state index contributed by atoms with van der Waals surface area (Å²) in [7, 11) is 1.74. The van der Waals surface area contributed by atoms with E-state index in [0.29, 0.717) is 18.3 Å². The molecule has 102 valence electrons. The molecule has 1 aromatic rings. The summed E-state index contributed by atoms with van der Waals surface area (Å²) >= 11 is 0. The molecule has 0 amide bonds. The van der Waals surface area contributed by atoms with Crippen molar-refractivity contribution in [2.75, 3.05) is 13.6 Å². The number of aliphatic imine (C=N–C) groups is 1. The van der Waals surface area contributed by atoms with E-state index in [1.165, 1.54) is 0 Å². The minimum atomic E-state index is -0.118. The van der Waals surface area contributed by atoms with Crippen molar-refractivity contribution >= 4 is 5.96 Å². The highest BCUT2D eigenvalue weighted by molar-refractivity contribution is 5.79. The molecule has 0 aliphatic rings. The van der Waals surface area contributed by atoms with Crippen molar-refractivity contribution in [3.63, 3.8) is 0 Å². The van der Waals surface area contributed by atoms with E-state index in [1.54, 1.807) is 7.05 Å². The van der Waals surface area contributed by atoms with Crippen molar-refractivity contribution in [1.82, 2.24) is 20.8 Å². The molecule has 6 heteroatoms. The molecule has 0 unspecified atom stereocenters. The largest absolute Gasteiger partial charge is 0.356 e. The van der Waals surface area contributed by atoms with Crippen molar-refractivity contribution in [1.29, 1.82) is 0 Å². The molecule has 0 aliphatic carbocycles. The van der Waals surface area contributed by atoms with E-state index < -0.39 is 0 Å². The van der Waals surface area contributed by atoms with Gasteiger partial charge in [0.1, 0.15) is 0 Å². The topological polar surface area (TPSA) is 75.3 Å². The first-order valence-electron chi connectivity index (χ1n) is 6.25. The Morgan fingerprint density at radius 3 is 2.56 bits per heavy atom. The second-order valence-corrected chi connectivity index (χ2v) is 5.12. The fourth-order valence-corrected chi connectivity index (χ4v) is 1.26. The molecule has 0 saturated carbocycles. The number of hydrogen-bond acceptors (Lipinski definition) is 4. The van der Waals surface area contributed by atoms with Crippen LogP contribution >= 0.6 is 0 Å². The van der Waals surface area contributed by atoms with Crippen molar-refractivity contribution in [3.8, 4) is 0 Å². The van der Waals surface area contributed by atoms with Gasteiger partial charge in [0.25, 0.3) is 0 Å². The number of nitrogens with zero attached hydrogens (tertiary/aromatic N) is 3. The second kappa shape index (κ2) is 6.37. The fraction of sp³-hybridized carbons (Fsp3) is 0.750. The number of aromatic nitrogens is 2. The van der Waals surface area contributed by atoms with Crippen LogP contribution < -0.4 is 10.6 Å². The van der Waals surface area contributed by atoms with Crippen molar-refractivity contribution < 1.29 is 4.52 Å². The summed E-state index contributed by atoms with van der Waals surface area (Å²) in [4.78, 5) is 8.45. The van der Waals surface area contributed by atoms with Crippen LogP contribution in [0.25, 0.3) is 0 Å². The summed E-state index contributed by atoms with van der Waals surface area (Å²) in [5.74, 6) is 2.04. The molecule has 0 fully saturated rings. The van der Waals surface area contributed by atoms with E-state index in [4.69, 9.17) is 4.52 Å². The number of rotatable bonds is 4. The Morgan fingerprint density at radius 2 is 2.06 bits per heavy atom. The molecule has 0 aliphatic heterocycles. The van der Waals surface area contributed by atoms with E-state index in [-0.39, 0.29) is 5.41 Å². The van der Waals surface area contributed by atoms with Gasteiger partial charge in [0.15, 0.2) is 11.8 Å². The van der Waals surface area contributed by atoms with Gasteiger partial charge in [0.2, 0.25) is 5.89 Å². The molecule has 0 spiro atoms. The highest BCUT2D eigenvalue weighted by Crippen LogP contribution is 2.19. The smallest absolute Gasteiger partial charge is 0.232 e. The number of nitrogens with one attached hydrogen (secondary N) is 2. The lowest BCUT2D eigenvalue weighted by Crippen LogP contribution is -2.37. The van der Waals surface area contributed by atoms with Crippen LogP contribution in [0.15, 0.2) is 9.52 Å². The Hall–Kier alpha value is -1.59. The molecular weight excluding hydrogens is 230 g/mol. The van der Waals surface area contributed by atoms with Gasteiger partial charge in [-0.15, -0.1) is 0 Å². The van der Waals surface area contributed by atoms with Gasteiger partial charge in [0, 0.05) is 19.0 Å². The Morgan fingerprint density at radius 1 is 1.33 bits per heavy atom. The van der Waals surface area contributed by atoms with Crippen LogP contribution in [-0.2, 0) is 12.0 Å². The molecule has 1 aromatic heterocycles. The summed E-state index contributed by atoms with van der Waals surface area (Å²) < 4.78 is 5.21. The van der Waals surface area contributed by atoms with Crippen molar-refractivity contribution in [2.45, 2.75) is 46.1 Å². The summed E-state index contributed by atoms with van der Waals surface area (Å²) in [6.07, 6.45) is 1.05. The Balaban J connectivity index is 2.51. The van der Waals surface area contributed by atoms with E-state index in [1.807, 2.05) is 20.8 Å². The maximum absolute atomic E-state index is 5.21. The van der Waals surface area contributed by atoms with E-state index in [9.17, 15) is 0 Å². The zero-order valence-corrected chi connectivity index (χ0v) is 11.9. The molecule has 1 rings (SSSR count). The van der Waals surface area contributed by atoms with E-state index in [2.05, 4.69) is 32.7 Å². The van der Waals surface area contributed by atoms with Crippen LogP contribution in [0.4, 0.5) is 0 Å². The van der Waals surface area contributed by atoms with Crippen LogP contribution in [-0.4, -0.2) is 29.7 Å². The summed E-state index contributed by atoms with van der Waals surface area (Å²) in [6, 6.07) is 0. The number of hydrogen-bond donors (Lipinski definition) is 2. The molecule has 0 aromatic carbocycles. The van der Waals surface area contributed by atoms with Gasteiger partial charge in [-0.2, -0.15) is 4.98 Å². The first-order chi connectivity index (χ1) is 8.47. The van der Waals surface area contributed by atoms with Gasteiger partial charge in [-0.25, -0.2) is 0 Å². The first kappa shape index (κ1) is 14.5. The highest BCUT2D eigenvalue weighted by atomic mass is 16.5. The molecule has 0 atom stereocenters. The summed E-state index contributed by atoms with van der Waals surface area (Å²) in [5, 5.41) is 10.3. The van der Waals surface area contributed by atoms with Crippen LogP contribution in [0.2, 0.25) is 0 Å². The Bertz CT molecular complexity index is 391. The number of guanidine groups is 1. The van der Waals surface area contributed by atoms with Crippen molar-refractivity contribution in [3.05, 3.63) is 11.7 Å². The average molecular weight is 253 g/mol.